The first-order chi connectivity index (χ1) is 11.6. The average Bonchev–Trinajstić information content (AvgIpc) is 2.59. The maximum Gasteiger partial charge on any atom is 0.148 e. The summed E-state index contributed by atoms with van der Waals surface area (Å²) in [5, 5.41) is 11.6. The van der Waals surface area contributed by atoms with E-state index in [0.29, 0.717) is 0 Å². The van der Waals surface area contributed by atoms with Gasteiger partial charge in [-0.2, -0.15) is 5.10 Å². The van der Waals surface area contributed by atoms with Gasteiger partial charge < -0.3 is 10.2 Å². The number of hydrogen-bond acceptors (Lipinski definition) is 5. The topological polar surface area (TPSA) is 44.3 Å². The summed E-state index contributed by atoms with van der Waals surface area (Å²) in [5.41, 5.74) is 3.22. The van der Waals surface area contributed by atoms with E-state index >= 15 is 0 Å². The number of nitrogens with zero attached hydrogens (tertiary/aromatic N) is 4. The van der Waals surface area contributed by atoms with E-state index in [0.717, 1.165) is 62.0 Å². The molecule has 0 unspecified atom stereocenters. The van der Waals surface area contributed by atoms with Crippen molar-refractivity contribution in [1.82, 2.24) is 15.1 Å². The van der Waals surface area contributed by atoms with Gasteiger partial charge in [0.15, 0.2) is 0 Å². The number of piperazine rings is 1. The summed E-state index contributed by atoms with van der Waals surface area (Å²) < 4.78 is 13.0. The fourth-order valence-electron chi connectivity index (χ4n) is 2.86. The number of benzene rings is 1. The second-order valence-electron chi connectivity index (χ2n) is 6.23. The fourth-order valence-corrected chi connectivity index (χ4v) is 2.86. The molecule has 2 heterocycles. The molecule has 24 heavy (non-hydrogen) atoms. The van der Waals surface area contributed by atoms with E-state index < -0.39 is 0 Å². The van der Waals surface area contributed by atoms with E-state index in [1.54, 1.807) is 0 Å². The van der Waals surface area contributed by atoms with Crippen LogP contribution >= 0.6 is 0 Å². The highest BCUT2D eigenvalue weighted by Gasteiger charge is 2.16. The van der Waals surface area contributed by atoms with Crippen LogP contribution in [0.25, 0.3) is 0 Å². The molecule has 1 aliphatic rings. The van der Waals surface area contributed by atoms with Gasteiger partial charge in [-0.1, -0.05) is 0 Å². The molecular weight excluding hydrogens is 305 g/mol. The van der Waals surface area contributed by atoms with Gasteiger partial charge in [0, 0.05) is 45.0 Å². The molecule has 1 fully saturated rings. The zero-order valence-electron chi connectivity index (χ0n) is 14.3. The van der Waals surface area contributed by atoms with Crippen molar-refractivity contribution in [2.75, 3.05) is 49.5 Å². The quantitative estimate of drug-likeness (QED) is 0.913. The van der Waals surface area contributed by atoms with E-state index in [9.17, 15) is 4.39 Å². The van der Waals surface area contributed by atoms with E-state index in [2.05, 4.69) is 25.3 Å². The molecule has 0 atom stereocenters. The van der Waals surface area contributed by atoms with Crippen molar-refractivity contribution >= 4 is 11.5 Å². The Balaban J connectivity index is 1.42. The SMILES string of the molecule is Cc1cc(NCCN2CCN(c3ccc(F)cc3)CC2)nnc1C. The monoisotopic (exact) mass is 329 g/mol. The highest BCUT2D eigenvalue weighted by molar-refractivity contribution is 5.46. The standard InChI is InChI=1S/C18H24FN5/c1-14-13-18(22-21-15(14)2)20-7-8-23-9-11-24(12-10-23)17-5-3-16(19)4-6-17/h3-6,13H,7-12H2,1-2H3,(H,20,22). The molecule has 1 saturated heterocycles. The summed E-state index contributed by atoms with van der Waals surface area (Å²) in [6.07, 6.45) is 0. The zero-order chi connectivity index (χ0) is 16.9. The Kier molecular flexibility index (Phi) is 5.25. The Morgan fingerprint density at radius 1 is 1.04 bits per heavy atom. The van der Waals surface area contributed by atoms with Crippen LogP contribution in [0.1, 0.15) is 11.3 Å². The van der Waals surface area contributed by atoms with Gasteiger partial charge in [-0.05, 0) is 49.7 Å². The van der Waals surface area contributed by atoms with Crippen molar-refractivity contribution in [3.05, 3.63) is 47.4 Å². The summed E-state index contributed by atoms with van der Waals surface area (Å²) >= 11 is 0. The molecule has 0 bridgehead atoms. The van der Waals surface area contributed by atoms with E-state index in [1.807, 2.05) is 32.0 Å². The summed E-state index contributed by atoms with van der Waals surface area (Å²) in [6, 6.07) is 8.79. The molecule has 0 spiro atoms. The first-order valence-corrected chi connectivity index (χ1v) is 8.39. The van der Waals surface area contributed by atoms with Gasteiger partial charge in [-0.3, -0.25) is 4.90 Å². The molecule has 5 nitrogen and oxygen atoms in total. The third-order valence-corrected chi connectivity index (χ3v) is 4.53. The summed E-state index contributed by atoms with van der Waals surface area (Å²) in [7, 11) is 0. The third-order valence-electron chi connectivity index (χ3n) is 4.53. The Bertz CT molecular complexity index is 666. The minimum atomic E-state index is -0.182. The van der Waals surface area contributed by atoms with Crippen molar-refractivity contribution in [3.63, 3.8) is 0 Å². The molecular formula is C18H24FN5. The number of nitrogens with one attached hydrogen (secondary N) is 1. The van der Waals surface area contributed by atoms with Crippen LogP contribution < -0.4 is 10.2 Å². The van der Waals surface area contributed by atoms with Gasteiger partial charge in [0.05, 0.1) is 5.69 Å². The lowest BCUT2D eigenvalue weighted by molar-refractivity contribution is 0.267. The molecule has 0 saturated carbocycles. The molecule has 0 aliphatic carbocycles. The molecule has 1 aromatic carbocycles. The van der Waals surface area contributed by atoms with Crippen molar-refractivity contribution < 1.29 is 4.39 Å². The van der Waals surface area contributed by atoms with Crippen molar-refractivity contribution in [1.29, 1.82) is 0 Å². The molecule has 0 radical (unpaired) electrons. The largest absolute Gasteiger partial charge is 0.369 e. The Labute approximate surface area is 142 Å². The molecule has 6 heteroatoms. The minimum Gasteiger partial charge on any atom is -0.369 e. The number of anilines is 2. The van der Waals surface area contributed by atoms with Gasteiger partial charge in [0.1, 0.15) is 11.6 Å². The smallest absolute Gasteiger partial charge is 0.148 e. The molecule has 128 valence electrons. The minimum absolute atomic E-state index is 0.182. The van der Waals surface area contributed by atoms with Crippen LogP contribution in [-0.2, 0) is 0 Å². The first-order valence-electron chi connectivity index (χ1n) is 8.39. The van der Waals surface area contributed by atoms with Crippen LogP contribution in [0.15, 0.2) is 30.3 Å². The number of aryl methyl sites for hydroxylation is 2. The lowest BCUT2D eigenvalue weighted by atomic mass is 10.2. The highest BCUT2D eigenvalue weighted by Crippen LogP contribution is 2.16. The van der Waals surface area contributed by atoms with Crippen LogP contribution in [0.2, 0.25) is 0 Å². The maximum absolute atomic E-state index is 13.0. The Hall–Kier alpha value is -2.21. The summed E-state index contributed by atoms with van der Waals surface area (Å²) in [4.78, 5) is 4.74. The second kappa shape index (κ2) is 7.57. The predicted molar refractivity (Wildman–Crippen MR) is 95.0 cm³/mol. The number of aromatic nitrogens is 2. The third kappa shape index (κ3) is 4.20. The first kappa shape index (κ1) is 16.6. The number of rotatable bonds is 5. The number of halogens is 1. The van der Waals surface area contributed by atoms with Crippen LogP contribution in [0.4, 0.5) is 15.9 Å². The van der Waals surface area contributed by atoms with Crippen LogP contribution in [0.5, 0.6) is 0 Å². The van der Waals surface area contributed by atoms with Crippen molar-refractivity contribution in [2.24, 2.45) is 0 Å². The molecule has 2 aromatic rings. The number of hydrogen-bond donors (Lipinski definition) is 1. The lowest BCUT2D eigenvalue weighted by Crippen LogP contribution is -2.47. The molecule has 3 rings (SSSR count). The normalized spacial score (nSPS) is 15.5. The van der Waals surface area contributed by atoms with E-state index in [4.69, 9.17) is 0 Å². The van der Waals surface area contributed by atoms with Gasteiger partial charge in [-0.15, -0.1) is 5.10 Å². The van der Waals surface area contributed by atoms with E-state index in [-0.39, 0.29) is 5.82 Å². The average molecular weight is 329 g/mol. The zero-order valence-corrected chi connectivity index (χ0v) is 14.3. The van der Waals surface area contributed by atoms with Crippen molar-refractivity contribution in [2.45, 2.75) is 13.8 Å². The molecule has 1 aromatic heterocycles. The van der Waals surface area contributed by atoms with Gasteiger partial charge in [-0.25, -0.2) is 4.39 Å². The Morgan fingerprint density at radius 3 is 2.42 bits per heavy atom. The Morgan fingerprint density at radius 2 is 1.75 bits per heavy atom. The van der Waals surface area contributed by atoms with Crippen LogP contribution in [0, 0.1) is 19.7 Å². The summed E-state index contributed by atoms with van der Waals surface area (Å²) in [6.45, 7) is 9.80. The van der Waals surface area contributed by atoms with Crippen molar-refractivity contribution in [3.8, 4) is 0 Å². The van der Waals surface area contributed by atoms with Gasteiger partial charge >= 0.3 is 0 Å². The molecule has 1 N–H and O–H groups in total. The van der Waals surface area contributed by atoms with E-state index in [1.165, 1.54) is 12.1 Å². The predicted octanol–water partition coefficient (Wildman–Crippen LogP) is 2.47. The highest BCUT2D eigenvalue weighted by atomic mass is 19.1. The maximum atomic E-state index is 13.0. The van der Waals surface area contributed by atoms with Gasteiger partial charge in [0.25, 0.3) is 0 Å². The molecule has 0 amide bonds. The van der Waals surface area contributed by atoms with Crippen LogP contribution in [0.3, 0.4) is 0 Å². The summed E-state index contributed by atoms with van der Waals surface area (Å²) in [5.74, 6) is 0.654. The van der Waals surface area contributed by atoms with Crippen LogP contribution in [-0.4, -0.2) is 54.4 Å². The fraction of sp³-hybridized carbons (Fsp3) is 0.444. The molecule has 1 aliphatic heterocycles. The second-order valence-corrected chi connectivity index (χ2v) is 6.23. The lowest BCUT2D eigenvalue weighted by Gasteiger charge is -2.36. The van der Waals surface area contributed by atoms with Gasteiger partial charge in [0.2, 0.25) is 0 Å².